The predicted octanol–water partition coefficient (Wildman–Crippen LogP) is 2.04. The van der Waals surface area contributed by atoms with Crippen LogP contribution in [0.25, 0.3) is 0 Å². The first-order valence-electron chi connectivity index (χ1n) is 4.62. The maximum absolute atomic E-state index is 10.9. The summed E-state index contributed by atoms with van der Waals surface area (Å²) in [6.07, 6.45) is 3.07. The van der Waals surface area contributed by atoms with Gasteiger partial charge in [-0.05, 0) is 12.8 Å². The summed E-state index contributed by atoms with van der Waals surface area (Å²) in [6.45, 7) is 7.90. The monoisotopic (exact) mass is 157 g/mol. The quantitative estimate of drug-likeness (QED) is 0.570. The highest BCUT2D eigenvalue weighted by atomic mass is 16.2. The molecule has 1 fully saturated rings. The smallest absolute Gasteiger partial charge is 0.222 e. The zero-order chi connectivity index (χ0) is 8.69. The minimum Gasteiger partial charge on any atom is -0.343 e. The number of nitrogens with zero attached hydrogens (tertiary/aromatic N) is 1. The molecule has 0 spiro atoms. The normalized spacial score (nSPS) is 15.7. The summed E-state index contributed by atoms with van der Waals surface area (Å²) in [5, 5.41) is 0. The highest BCUT2D eigenvalue weighted by Crippen LogP contribution is 2.07. The van der Waals surface area contributed by atoms with Crippen molar-refractivity contribution in [3.8, 4) is 0 Å². The number of hydrogen-bond acceptors (Lipinski definition) is 1. The Kier molecular flexibility index (Phi) is 5.90. The Morgan fingerprint density at radius 3 is 2.09 bits per heavy atom. The Balaban J connectivity index is 0.000000461. The van der Waals surface area contributed by atoms with Gasteiger partial charge in [-0.25, -0.2) is 0 Å². The fourth-order valence-corrected chi connectivity index (χ4v) is 1.19. The zero-order valence-electron chi connectivity index (χ0n) is 7.89. The van der Waals surface area contributed by atoms with Crippen molar-refractivity contribution in [3.05, 3.63) is 0 Å². The van der Waals surface area contributed by atoms with E-state index in [1.165, 1.54) is 12.8 Å². The maximum Gasteiger partial charge on any atom is 0.222 e. The lowest BCUT2D eigenvalue weighted by Gasteiger charge is -2.12. The molecule has 0 aromatic rings. The topological polar surface area (TPSA) is 20.3 Å². The average Bonchev–Trinajstić information content (AvgIpc) is 2.59. The molecule has 0 bridgehead atoms. The van der Waals surface area contributed by atoms with Gasteiger partial charge in [-0.1, -0.05) is 20.8 Å². The second-order valence-corrected chi connectivity index (χ2v) is 2.44. The summed E-state index contributed by atoms with van der Waals surface area (Å²) in [5.41, 5.74) is 0. The third-order valence-electron chi connectivity index (χ3n) is 1.76. The molecule has 0 atom stereocenters. The van der Waals surface area contributed by atoms with Crippen molar-refractivity contribution in [3.63, 3.8) is 0 Å². The van der Waals surface area contributed by atoms with Crippen LogP contribution in [-0.2, 0) is 4.79 Å². The fourth-order valence-electron chi connectivity index (χ4n) is 1.19. The molecule has 1 amide bonds. The zero-order valence-corrected chi connectivity index (χ0v) is 7.89. The summed E-state index contributed by atoms with van der Waals surface area (Å²) in [4.78, 5) is 12.9. The molecule has 1 aliphatic heterocycles. The van der Waals surface area contributed by atoms with Crippen molar-refractivity contribution < 1.29 is 4.79 Å². The molecule has 0 unspecified atom stereocenters. The lowest BCUT2D eigenvalue weighted by molar-refractivity contribution is -0.129. The molecule has 2 heteroatoms. The van der Waals surface area contributed by atoms with E-state index in [2.05, 4.69) is 0 Å². The van der Waals surface area contributed by atoms with E-state index in [1.807, 2.05) is 25.7 Å². The first-order chi connectivity index (χ1) is 5.34. The van der Waals surface area contributed by atoms with Gasteiger partial charge in [0, 0.05) is 19.5 Å². The van der Waals surface area contributed by atoms with Crippen molar-refractivity contribution >= 4 is 5.91 Å². The van der Waals surface area contributed by atoms with Crippen LogP contribution in [0.5, 0.6) is 0 Å². The van der Waals surface area contributed by atoms with E-state index in [1.54, 1.807) is 0 Å². The Bertz CT molecular complexity index is 106. The van der Waals surface area contributed by atoms with Gasteiger partial charge >= 0.3 is 0 Å². The van der Waals surface area contributed by atoms with Crippen LogP contribution < -0.4 is 0 Å². The minimum absolute atomic E-state index is 0.313. The Morgan fingerprint density at radius 1 is 1.27 bits per heavy atom. The molecule has 0 aromatic heterocycles. The van der Waals surface area contributed by atoms with Gasteiger partial charge in [-0.3, -0.25) is 4.79 Å². The van der Waals surface area contributed by atoms with Gasteiger partial charge in [-0.15, -0.1) is 0 Å². The van der Waals surface area contributed by atoms with Crippen molar-refractivity contribution in [1.82, 2.24) is 4.90 Å². The van der Waals surface area contributed by atoms with Gasteiger partial charge in [0.2, 0.25) is 5.91 Å². The first-order valence-corrected chi connectivity index (χ1v) is 4.62. The van der Waals surface area contributed by atoms with Gasteiger partial charge in [0.25, 0.3) is 0 Å². The van der Waals surface area contributed by atoms with Crippen LogP contribution in [0.3, 0.4) is 0 Å². The van der Waals surface area contributed by atoms with Gasteiger partial charge < -0.3 is 4.90 Å². The molecular weight excluding hydrogens is 138 g/mol. The molecule has 11 heavy (non-hydrogen) atoms. The van der Waals surface area contributed by atoms with Crippen LogP contribution in [0, 0.1) is 0 Å². The van der Waals surface area contributed by atoms with Crippen LogP contribution >= 0.6 is 0 Å². The van der Waals surface area contributed by atoms with Gasteiger partial charge in [0.1, 0.15) is 0 Å². The number of hydrogen-bond donors (Lipinski definition) is 0. The average molecular weight is 157 g/mol. The summed E-state index contributed by atoms with van der Waals surface area (Å²) < 4.78 is 0. The van der Waals surface area contributed by atoms with Gasteiger partial charge in [-0.2, -0.15) is 0 Å². The molecule has 2 nitrogen and oxygen atoms in total. The van der Waals surface area contributed by atoms with Crippen LogP contribution in [0.4, 0.5) is 0 Å². The largest absolute Gasteiger partial charge is 0.343 e. The molecule has 0 aromatic carbocycles. The molecule has 1 heterocycles. The number of rotatable bonds is 1. The second kappa shape index (κ2) is 6.20. The summed E-state index contributed by atoms with van der Waals surface area (Å²) in [7, 11) is 0. The lowest BCUT2D eigenvalue weighted by atomic mass is 10.4. The molecule has 0 saturated carbocycles. The summed E-state index contributed by atoms with van der Waals surface area (Å²) in [6, 6.07) is 0. The van der Waals surface area contributed by atoms with Crippen molar-refractivity contribution in [1.29, 1.82) is 0 Å². The van der Waals surface area contributed by atoms with E-state index >= 15 is 0 Å². The molecule has 0 N–H and O–H groups in total. The lowest BCUT2D eigenvalue weighted by Crippen LogP contribution is -2.26. The number of amides is 1. The molecular formula is C9H19NO. The van der Waals surface area contributed by atoms with Crippen LogP contribution in [0.2, 0.25) is 0 Å². The molecule has 66 valence electrons. The van der Waals surface area contributed by atoms with E-state index in [0.29, 0.717) is 12.3 Å². The van der Waals surface area contributed by atoms with E-state index in [0.717, 1.165) is 13.1 Å². The van der Waals surface area contributed by atoms with Gasteiger partial charge in [0.05, 0.1) is 0 Å². The van der Waals surface area contributed by atoms with Crippen LogP contribution in [0.15, 0.2) is 0 Å². The van der Waals surface area contributed by atoms with Crippen molar-refractivity contribution in [2.75, 3.05) is 13.1 Å². The Morgan fingerprint density at radius 2 is 1.73 bits per heavy atom. The SMILES string of the molecule is CC.CCC(=O)N1CCCC1. The Hall–Kier alpha value is -0.530. The summed E-state index contributed by atoms with van der Waals surface area (Å²) in [5.74, 6) is 0.313. The van der Waals surface area contributed by atoms with E-state index < -0.39 is 0 Å². The number of carbonyl (C=O) groups is 1. The third kappa shape index (κ3) is 3.40. The molecule has 0 aliphatic carbocycles. The number of carbonyl (C=O) groups excluding carboxylic acids is 1. The maximum atomic E-state index is 10.9. The highest BCUT2D eigenvalue weighted by Gasteiger charge is 2.14. The van der Waals surface area contributed by atoms with E-state index in [9.17, 15) is 4.79 Å². The van der Waals surface area contributed by atoms with E-state index in [4.69, 9.17) is 0 Å². The highest BCUT2D eigenvalue weighted by molar-refractivity contribution is 5.75. The van der Waals surface area contributed by atoms with Crippen molar-refractivity contribution in [2.45, 2.75) is 40.0 Å². The van der Waals surface area contributed by atoms with Crippen LogP contribution in [0.1, 0.15) is 40.0 Å². The minimum atomic E-state index is 0.313. The first kappa shape index (κ1) is 10.5. The predicted molar refractivity (Wildman–Crippen MR) is 47.5 cm³/mol. The second-order valence-electron chi connectivity index (χ2n) is 2.44. The summed E-state index contributed by atoms with van der Waals surface area (Å²) >= 11 is 0. The molecule has 1 saturated heterocycles. The van der Waals surface area contributed by atoms with Gasteiger partial charge in [0.15, 0.2) is 0 Å². The van der Waals surface area contributed by atoms with Crippen molar-refractivity contribution in [2.24, 2.45) is 0 Å². The Labute approximate surface area is 69.6 Å². The standard InChI is InChI=1S/C7H13NO.C2H6/c1-2-7(9)8-5-3-4-6-8;1-2/h2-6H2,1H3;1-2H3. The molecule has 0 radical (unpaired) electrons. The fraction of sp³-hybridized carbons (Fsp3) is 0.889. The molecule has 1 aliphatic rings. The van der Waals surface area contributed by atoms with Crippen LogP contribution in [-0.4, -0.2) is 23.9 Å². The number of likely N-dealkylation sites (tertiary alicyclic amines) is 1. The van der Waals surface area contributed by atoms with E-state index in [-0.39, 0.29) is 0 Å². The molecule has 1 rings (SSSR count). The third-order valence-corrected chi connectivity index (χ3v) is 1.76.